The van der Waals surface area contributed by atoms with Gasteiger partial charge < -0.3 is 10.7 Å². The molecule has 0 aliphatic carbocycles. The van der Waals surface area contributed by atoms with Crippen LogP contribution < -0.4 is 11.3 Å². The van der Waals surface area contributed by atoms with Crippen molar-refractivity contribution in [2.24, 2.45) is 5.73 Å². The summed E-state index contributed by atoms with van der Waals surface area (Å²) in [5.41, 5.74) is 4.73. The SMILES string of the molecule is CS(=O)(=O)c1cc(Cl)[nH]c(=O)c1CN. The largest absolute Gasteiger partial charge is 0.326 e. The predicted octanol–water partition coefficient (Wildman–Crippen LogP) is -0.110. The van der Waals surface area contributed by atoms with Crippen molar-refractivity contribution in [1.29, 1.82) is 0 Å². The first kappa shape index (κ1) is 11.2. The van der Waals surface area contributed by atoms with Crippen LogP contribution in [0.15, 0.2) is 15.8 Å². The van der Waals surface area contributed by atoms with E-state index in [9.17, 15) is 13.2 Å². The molecule has 3 N–H and O–H groups in total. The molecular weight excluding hydrogens is 228 g/mol. The highest BCUT2D eigenvalue weighted by Gasteiger charge is 2.16. The number of rotatable bonds is 2. The van der Waals surface area contributed by atoms with Gasteiger partial charge in [-0.1, -0.05) is 11.6 Å². The molecule has 0 aliphatic rings. The fourth-order valence-electron chi connectivity index (χ4n) is 1.06. The van der Waals surface area contributed by atoms with E-state index in [0.717, 1.165) is 6.26 Å². The summed E-state index contributed by atoms with van der Waals surface area (Å²) in [7, 11) is -3.48. The highest BCUT2D eigenvalue weighted by Crippen LogP contribution is 2.14. The van der Waals surface area contributed by atoms with Crippen molar-refractivity contribution in [2.75, 3.05) is 6.26 Å². The Morgan fingerprint density at radius 1 is 1.57 bits per heavy atom. The van der Waals surface area contributed by atoms with Gasteiger partial charge in [0.25, 0.3) is 5.56 Å². The van der Waals surface area contributed by atoms with E-state index in [1.54, 1.807) is 0 Å². The first-order valence-electron chi connectivity index (χ1n) is 3.68. The average Bonchev–Trinajstić information content (AvgIpc) is 2.01. The molecule has 0 aliphatic heterocycles. The maximum Gasteiger partial charge on any atom is 0.254 e. The number of H-pyrrole nitrogens is 1. The fourth-order valence-corrected chi connectivity index (χ4v) is 2.27. The van der Waals surface area contributed by atoms with Gasteiger partial charge >= 0.3 is 0 Å². The van der Waals surface area contributed by atoms with E-state index in [1.807, 2.05) is 0 Å². The summed E-state index contributed by atoms with van der Waals surface area (Å²) >= 11 is 5.52. The van der Waals surface area contributed by atoms with Crippen LogP contribution in [0.4, 0.5) is 0 Å². The maximum atomic E-state index is 11.3. The molecule has 1 aromatic heterocycles. The summed E-state index contributed by atoms with van der Waals surface area (Å²) in [4.78, 5) is 13.4. The van der Waals surface area contributed by atoms with Gasteiger partial charge in [0.2, 0.25) is 0 Å². The molecule has 78 valence electrons. The van der Waals surface area contributed by atoms with E-state index in [4.69, 9.17) is 17.3 Å². The zero-order chi connectivity index (χ0) is 10.9. The Hall–Kier alpha value is -0.850. The van der Waals surface area contributed by atoms with Gasteiger partial charge in [0.15, 0.2) is 9.84 Å². The molecule has 0 spiro atoms. The molecule has 0 unspecified atom stereocenters. The Labute approximate surface area is 85.8 Å². The van der Waals surface area contributed by atoms with Crippen LogP contribution in [0, 0.1) is 0 Å². The number of nitrogens with one attached hydrogen (secondary N) is 1. The third kappa shape index (κ3) is 2.14. The van der Waals surface area contributed by atoms with Gasteiger partial charge in [0, 0.05) is 18.4 Å². The third-order valence-electron chi connectivity index (χ3n) is 1.67. The number of nitrogens with two attached hydrogens (primary N) is 1. The lowest BCUT2D eigenvalue weighted by atomic mass is 10.3. The number of hydrogen-bond acceptors (Lipinski definition) is 4. The van der Waals surface area contributed by atoms with Crippen molar-refractivity contribution in [3.05, 3.63) is 27.1 Å². The van der Waals surface area contributed by atoms with Crippen molar-refractivity contribution < 1.29 is 8.42 Å². The normalized spacial score (nSPS) is 11.6. The smallest absolute Gasteiger partial charge is 0.254 e. The second kappa shape index (κ2) is 3.72. The lowest BCUT2D eigenvalue weighted by Crippen LogP contribution is -2.20. The Balaban J connectivity index is 3.65. The highest BCUT2D eigenvalue weighted by molar-refractivity contribution is 7.90. The molecule has 0 saturated carbocycles. The topological polar surface area (TPSA) is 93.0 Å². The summed E-state index contributed by atoms with van der Waals surface area (Å²) in [5, 5.41) is -0.0207. The number of aromatic amines is 1. The van der Waals surface area contributed by atoms with E-state index in [2.05, 4.69) is 4.98 Å². The Bertz CT molecular complexity index is 506. The fraction of sp³-hybridized carbons (Fsp3) is 0.286. The van der Waals surface area contributed by atoms with Gasteiger partial charge in [-0.3, -0.25) is 4.79 Å². The maximum absolute atomic E-state index is 11.3. The molecule has 0 aromatic carbocycles. The highest BCUT2D eigenvalue weighted by atomic mass is 35.5. The quantitative estimate of drug-likeness (QED) is 0.701. The first-order valence-corrected chi connectivity index (χ1v) is 5.95. The van der Waals surface area contributed by atoms with E-state index in [0.29, 0.717) is 0 Å². The van der Waals surface area contributed by atoms with Gasteiger partial charge in [-0.25, -0.2) is 8.42 Å². The van der Waals surface area contributed by atoms with Crippen molar-refractivity contribution in [1.82, 2.24) is 4.98 Å². The van der Waals surface area contributed by atoms with Crippen LogP contribution in [0.2, 0.25) is 5.15 Å². The molecular formula is C7H9ClN2O3S. The van der Waals surface area contributed by atoms with Crippen molar-refractivity contribution in [3.8, 4) is 0 Å². The summed E-state index contributed by atoms with van der Waals surface area (Å²) in [6, 6.07) is 1.18. The van der Waals surface area contributed by atoms with Crippen LogP contribution in [-0.2, 0) is 16.4 Å². The van der Waals surface area contributed by atoms with E-state index < -0.39 is 15.4 Å². The molecule has 1 aromatic rings. The molecule has 0 fully saturated rings. The second-order valence-corrected chi connectivity index (χ2v) is 5.16. The summed E-state index contributed by atoms with van der Waals surface area (Å²) in [5.74, 6) is 0. The van der Waals surface area contributed by atoms with E-state index in [-0.39, 0.29) is 22.2 Å². The van der Waals surface area contributed by atoms with E-state index >= 15 is 0 Å². The van der Waals surface area contributed by atoms with Gasteiger partial charge in [0.05, 0.1) is 4.90 Å². The molecule has 0 amide bonds. The zero-order valence-corrected chi connectivity index (χ0v) is 8.95. The van der Waals surface area contributed by atoms with Gasteiger partial charge in [-0.05, 0) is 6.07 Å². The van der Waals surface area contributed by atoms with Crippen molar-refractivity contribution in [2.45, 2.75) is 11.4 Å². The zero-order valence-electron chi connectivity index (χ0n) is 7.37. The van der Waals surface area contributed by atoms with Crippen LogP contribution in [0.3, 0.4) is 0 Å². The van der Waals surface area contributed by atoms with Gasteiger partial charge in [-0.15, -0.1) is 0 Å². The molecule has 1 rings (SSSR count). The second-order valence-electron chi connectivity index (χ2n) is 2.77. The van der Waals surface area contributed by atoms with Gasteiger partial charge in [-0.2, -0.15) is 0 Å². The Morgan fingerprint density at radius 2 is 2.14 bits per heavy atom. The van der Waals surface area contributed by atoms with E-state index in [1.165, 1.54) is 6.07 Å². The molecule has 0 bridgehead atoms. The van der Waals surface area contributed by atoms with Crippen LogP contribution in [0.1, 0.15) is 5.56 Å². The number of hydrogen-bond donors (Lipinski definition) is 2. The van der Waals surface area contributed by atoms with Crippen molar-refractivity contribution in [3.63, 3.8) is 0 Å². The Kier molecular flexibility index (Phi) is 2.98. The number of aromatic nitrogens is 1. The number of pyridine rings is 1. The van der Waals surface area contributed by atoms with Crippen molar-refractivity contribution >= 4 is 21.4 Å². The lowest BCUT2D eigenvalue weighted by Gasteiger charge is -2.04. The molecule has 14 heavy (non-hydrogen) atoms. The minimum absolute atomic E-state index is 0.0207. The molecule has 0 atom stereocenters. The molecule has 7 heteroatoms. The van der Waals surface area contributed by atoms with Crippen LogP contribution in [-0.4, -0.2) is 19.7 Å². The summed E-state index contributed by atoms with van der Waals surface area (Å²) < 4.78 is 22.5. The standard InChI is InChI=1S/C7H9ClN2O3S/c1-14(12,13)5-2-6(8)10-7(11)4(5)3-9/h2H,3,9H2,1H3,(H,10,11). The van der Waals surface area contributed by atoms with Gasteiger partial charge in [0.1, 0.15) is 5.15 Å². The minimum atomic E-state index is -3.48. The number of sulfone groups is 1. The van der Waals surface area contributed by atoms with Crippen LogP contribution in [0.5, 0.6) is 0 Å². The minimum Gasteiger partial charge on any atom is -0.326 e. The number of halogens is 1. The third-order valence-corrected chi connectivity index (χ3v) is 3.03. The van der Waals surface area contributed by atoms with Crippen LogP contribution in [0.25, 0.3) is 0 Å². The molecule has 0 saturated heterocycles. The molecule has 0 radical (unpaired) electrons. The monoisotopic (exact) mass is 236 g/mol. The Morgan fingerprint density at radius 3 is 2.57 bits per heavy atom. The summed E-state index contributed by atoms with van der Waals surface area (Å²) in [6.07, 6.45) is 0.997. The molecule has 1 heterocycles. The average molecular weight is 237 g/mol. The predicted molar refractivity (Wildman–Crippen MR) is 53.1 cm³/mol. The van der Waals surface area contributed by atoms with Crippen LogP contribution >= 0.6 is 11.6 Å². The lowest BCUT2D eigenvalue weighted by molar-refractivity contribution is 0.600. The molecule has 5 nitrogen and oxygen atoms in total. The first-order chi connectivity index (χ1) is 6.36. The summed E-state index contributed by atoms with van der Waals surface area (Å²) in [6.45, 7) is -0.144.